The van der Waals surface area contributed by atoms with Crippen LogP contribution in [0.3, 0.4) is 0 Å². The lowest BCUT2D eigenvalue weighted by molar-refractivity contribution is -0.187. The number of aromatic nitrogens is 2. The highest BCUT2D eigenvalue weighted by atomic mass is 16.2. The van der Waals surface area contributed by atoms with E-state index in [4.69, 9.17) is 0 Å². The molecule has 1 aromatic heterocycles. The maximum absolute atomic E-state index is 12.8. The van der Waals surface area contributed by atoms with Crippen molar-refractivity contribution in [3.63, 3.8) is 0 Å². The number of rotatable bonds is 3. The molecule has 2 amide bonds. The topological polar surface area (TPSA) is 67.2 Å². The van der Waals surface area contributed by atoms with Crippen molar-refractivity contribution in [1.29, 1.82) is 0 Å². The van der Waals surface area contributed by atoms with Crippen molar-refractivity contribution in [3.05, 3.63) is 18.2 Å². The first-order valence-electron chi connectivity index (χ1n) is 10.2. The fraction of sp³-hybridized carbons (Fsp3) is 0.750. The highest BCUT2D eigenvalue weighted by molar-refractivity contribution is 5.87. The third-order valence-electron chi connectivity index (χ3n) is 8.54. The zero-order chi connectivity index (χ0) is 17.3. The summed E-state index contributed by atoms with van der Waals surface area (Å²) >= 11 is 0. The van der Waals surface area contributed by atoms with Crippen LogP contribution in [0, 0.1) is 22.7 Å². The van der Waals surface area contributed by atoms with Crippen LogP contribution in [0.15, 0.2) is 12.4 Å². The molecule has 2 atom stereocenters. The maximum Gasteiger partial charge on any atom is 0.228 e. The van der Waals surface area contributed by atoms with Crippen molar-refractivity contribution in [3.8, 4) is 0 Å². The van der Waals surface area contributed by atoms with Gasteiger partial charge in [-0.05, 0) is 49.9 Å². The molecule has 5 saturated carbocycles. The van der Waals surface area contributed by atoms with Crippen LogP contribution < -0.4 is 5.32 Å². The van der Waals surface area contributed by atoms with Crippen LogP contribution in [-0.4, -0.2) is 39.4 Å². The molecule has 1 N–H and O–H groups in total. The molecule has 8 rings (SSSR count). The van der Waals surface area contributed by atoms with E-state index in [9.17, 15) is 9.59 Å². The van der Waals surface area contributed by atoms with Gasteiger partial charge in [-0.1, -0.05) is 0 Å². The molecule has 1 aromatic rings. The number of fused-ring (bicyclic) bond motifs is 2. The number of amides is 2. The summed E-state index contributed by atoms with van der Waals surface area (Å²) in [4.78, 5) is 32.0. The van der Waals surface area contributed by atoms with Gasteiger partial charge in [-0.3, -0.25) is 9.59 Å². The largest absolute Gasteiger partial charge is 0.346 e. The number of likely N-dealkylation sites (tertiary alicyclic amines) is 1. The second-order valence-electron chi connectivity index (χ2n) is 10.2. The second kappa shape index (κ2) is 4.02. The molecule has 2 spiro atoms. The molecule has 0 radical (unpaired) electrons. The van der Waals surface area contributed by atoms with Gasteiger partial charge in [0.15, 0.2) is 0 Å². The molecule has 2 bridgehead atoms. The predicted octanol–water partition coefficient (Wildman–Crippen LogP) is 1.58. The molecular weight excluding hydrogens is 328 g/mol. The SMILES string of the molecule is O=C(NC1CC2(CN(C(=O)C34CC(C3)C4)C2)n2ccnc21)C1CC12CC2. The van der Waals surface area contributed by atoms with E-state index in [-0.39, 0.29) is 28.8 Å². The number of hydrogen-bond acceptors (Lipinski definition) is 3. The summed E-state index contributed by atoms with van der Waals surface area (Å²) in [6.07, 6.45) is 11.6. The summed E-state index contributed by atoms with van der Waals surface area (Å²) in [6.45, 7) is 1.56. The van der Waals surface area contributed by atoms with E-state index < -0.39 is 0 Å². The van der Waals surface area contributed by atoms with E-state index in [1.807, 2.05) is 12.4 Å². The van der Waals surface area contributed by atoms with Gasteiger partial charge in [-0.25, -0.2) is 4.98 Å². The van der Waals surface area contributed by atoms with Crippen LogP contribution >= 0.6 is 0 Å². The van der Waals surface area contributed by atoms with Crippen LogP contribution in [0.5, 0.6) is 0 Å². The molecule has 2 aliphatic heterocycles. The fourth-order valence-electron chi connectivity index (χ4n) is 6.53. The van der Waals surface area contributed by atoms with Gasteiger partial charge in [0.25, 0.3) is 0 Å². The quantitative estimate of drug-likeness (QED) is 0.898. The number of nitrogens with zero attached hydrogens (tertiary/aromatic N) is 3. The van der Waals surface area contributed by atoms with Gasteiger partial charge in [0.05, 0.1) is 17.0 Å². The Kier molecular flexibility index (Phi) is 2.20. The summed E-state index contributed by atoms with van der Waals surface area (Å²) < 4.78 is 2.24. The molecule has 136 valence electrons. The summed E-state index contributed by atoms with van der Waals surface area (Å²) in [7, 11) is 0. The summed E-state index contributed by atoms with van der Waals surface area (Å²) in [5.41, 5.74) is 0.350. The Bertz CT molecular complexity index is 846. The van der Waals surface area contributed by atoms with Crippen LogP contribution in [-0.2, 0) is 15.1 Å². The molecular formula is C20H24N4O2. The summed E-state index contributed by atoms with van der Waals surface area (Å²) in [5, 5.41) is 3.28. The minimum atomic E-state index is -0.0518. The molecule has 6 fully saturated rings. The second-order valence-corrected chi connectivity index (χ2v) is 10.2. The monoisotopic (exact) mass is 352 g/mol. The van der Waals surface area contributed by atoms with Crippen LogP contribution in [0.25, 0.3) is 0 Å². The smallest absolute Gasteiger partial charge is 0.228 e. The molecule has 7 aliphatic rings. The van der Waals surface area contributed by atoms with Gasteiger partial charge in [-0.15, -0.1) is 0 Å². The molecule has 5 aliphatic carbocycles. The maximum atomic E-state index is 12.8. The van der Waals surface area contributed by atoms with E-state index in [0.29, 0.717) is 11.3 Å². The Labute approximate surface area is 152 Å². The van der Waals surface area contributed by atoms with Gasteiger partial charge in [0.2, 0.25) is 11.8 Å². The molecule has 1 saturated heterocycles. The Morgan fingerprint density at radius 3 is 2.50 bits per heavy atom. The lowest BCUT2D eigenvalue weighted by Gasteiger charge is -2.63. The molecule has 6 heteroatoms. The number of carbonyl (C=O) groups is 2. The average Bonchev–Trinajstić information content (AvgIpc) is 3.32. The lowest BCUT2D eigenvalue weighted by atomic mass is 9.44. The minimum Gasteiger partial charge on any atom is -0.346 e. The Hall–Kier alpha value is -1.85. The molecule has 3 heterocycles. The fourth-order valence-corrected chi connectivity index (χ4v) is 6.53. The first-order chi connectivity index (χ1) is 12.5. The van der Waals surface area contributed by atoms with Crippen molar-refractivity contribution in [2.75, 3.05) is 13.1 Å². The zero-order valence-corrected chi connectivity index (χ0v) is 14.9. The van der Waals surface area contributed by atoms with E-state index in [2.05, 4.69) is 19.8 Å². The summed E-state index contributed by atoms with van der Waals surface area (Å²) in [5.74, 6) is 2.65. The third-order valence-corrected chi connectivity index (χ3v) is 8.54. The third kappa shape index (κ3) is 1.54. The predicted molar refractivity (Wildman–Crippen MR) is 91.8 cm³/mol. The highest BCUT2D eigenvalue weighted by Gasteiger charge is 2.67. The molecule has 26 heavy (non-hydrogen) atoms. The number of carbonyl (C=O) groups excluding carboxylic acids is 2. The van der Waals surface area contributed by atoms with Crippen molar-refractivity contribution < 1.29 is 9.59 Å². The van der Waals surface area contributed by atoms with Crippen molar-refractivity contribution in [2.45, 2.75) is 56.5 Å². The van der Waals surface area contributed by atoms with Crippen LogP contribution in [0.2, 0.25) is 0 Å². The summed E-state index contributed by atoms with van der Waals surface area (Å²) in [6, 6.07) is 0.00102. The number of nitrogens with one attached hydrogen (secondary N) is 1. The molecule has 6 nitrogen and oxygen atoms in total. The first-order valence-corrected chi connectivity index (χ1v) is 10.2. The normalized spacial score (nSPS) is 41.1. The Balaban J connectivity index is 1.08. The molecule has 0 aromatic carbocycles. The van der Waals surface area contributed by atoms with Gasteiger partial charge in [0.1, 0.15) is 5.82 Å². The van der Waals surface area contributed by atoms with Gasteiger partial charge in [-0.2, -0.15) is 0 Å². The lowest BCUT2D eigenvalue weighted by Crippen LogP contribution is -2.69. The Morgan fingerprint density at radius 2 is 1.88 bits per heavy atom. The molecule has 2 unspecified atom stereocenters. The first kappa shape index (κ1) is 14.2. The van der Waals surface area contributed by atoms with Crippen molar-refractivity contribution in [1.82, 2.24) is 19.8 Å². The van der Waals surface area contributed by atoms with Crippen LogP contribution in [0.1, 0.15) is 56.8 Å². The average molecular weight is 352 g/mol. The van der Waals surface area contributed by atoms with Crippen molar-refractivity contribution in [2.24, 2.45) is 22.7 Å². The van der Waals surface area contributed by atoms with Crippen LogP contribution in [0.4, 0.5) is 0 Å². The van der Waals surface area contributed by atoms with E-state index in [1.165, 1.54) is 12.8 Å². The zero-order valence-electron chi connectivity index (χ0n) is 14.9. The van der Waals surface area contributed by atoms with Gasteiger partial charge >= 0.3 is 0 Å². The minimum absolute atomic E-state index is 0.00102. The number of imidazole rings is 1. The van der Waals surface area contributed by atoms with Gasteiger partial charge in [0, 0.05) is 37.8 Å². The highest BCUT2D eigenvalue weighted by Crippen LogP contribution is 2.70. The number of hydrogen-bond donors (Lipinski definition) is 1. The van der Waals surface area contributed by atoms with E-state index in [0.717, 1.165) is 56.9 Å². The van der Waals surface area contributed by atoms with Gasteiger partial charge < -0.3 is 14.8 Å². The van der Waals surface area contributed by atoms with E-state index >= 15 is 0 Å². The van der Waals surface area contributed by atoms with E-state index in [1.54, 1.807) is 0 Å². The Morgan fingerprint density at radius 1 is 1.12 bits per heavy atom. The standard InChI is InChI=1S/C20H24N4O2/c25-16(13-8-18(13)1-2-18)22-14-9-20(24-4-3-21-15(14)24)10-23(11-20)17(26)19-5-12(6-19)7-19/h3-4,12-14H,1-2,5-11H2,(H,22,25). The van der Waals surface area contributed by atoms with Crippen molar-refractivity contribution >= 4 is 11.8 Å².